The Balaban J connectivity index is 1.91. The van der Waals surface area contributed by atoms with Crippen LogP contribution in [0.25, 0.3) is 0 Å². The average Bonchev–Trinajstić information content (AvgIpc) is 3.05. The van der Waals surface area contributed by atoms with Crippen molar-refractivity contribution in [2.24, 2.45) is 0 Å². The van der Waals surface area contributed by atoms with Crippen molar-refractivity contribution in [3.63, 3.8) is 0 Å². The van der Waals surface area contributed by atoms with E-state index in [1.165, 1.54) is 23.1 Å². The lowest BCUT2D eigenvalue weighted by molar-refractivity contribution is -0.118. The highest BCUT2D eigenvalue weighted by Gasteiger charge is 2.50. The topological polar surface area (TPSA) is 58.6 Å². The number of nitrogens with one attached hydrogen (secondary N) is 1. The predicted molar refractivity (Wildman–Crippen MR) is 112 cm³/mol. The molecule has 0 fully saturated rings. The molecule has 1 N–H and O–H groups in total. The third kappa shape index (κ3) is 3.22. The molecule has 7 heteroatoms. The number of fused-ring (bicyclic) bond motifs is 1. The summed E-state index contributed by atoms with van der Waals surface area (Å²) in [7, 11) is 3.14. The van der Waals surface area contributed by atoms with E-state index in [2.05, 4.69) is 5.32 Å². The van der Waals surface area contributed by atoms with Gasteiger partial charge in [0, 0.05) is 25.2 Å². The zero-order chi connectivity index (χ0) is 22.3. The molecule has 1 atom stereocenters. The molecule has 0 aliphatic carbocycles. The van der Waals surface area contributed by atoms with E-state index in [9.17, 15) is 18.4 Å². The maximum absolute atomic E-state index is 14.2. The Labute approximate surface area is 178 Å². The standard InChI is InChI=1S/C24H20F2N2O3/c1-14-20(26)13-12-19-21(14)27-22(29)24(19,15-4-8-17(25)9-5-15)16-6-10-18(11-7-16)31-23(30)28(2)3/h4-13H,1-3H3,(H,27,29). The summed E-state index contributed by atoms with van der Waals surface area (Å²) in [5.74, 6) is -0.926. The van der Waals surface area contributed by atoms with Crippen LogP contribution in [0.4, 0.5) is 19.3 Å². The SMILES string of the molecule is Cc1c(F)ccc2c1NC(=O)C2(c1ccc(F)cc1)c1ccc(OC(=O)N(C)C)cc1. The van der Waals surface area contributed by atoms with Gasteiger partial charge in [0.1, 0.15) is 22.8 Å². The Morgan fingerprint density at radius 1 is 0.935 bits per heavy atom. The fourth-order valence-corrected chi connectivity index (χ4v) is 3.89. The van der Waals surface area contributed by atoms with Gasteiger partial charge in [0.25, 0.3) is 0 Å². The zero-order valence-electron chi connectivity index (χ0n) is 17.2. The second kappa shape index (κ2) is 7.50. The van der Waals surface area contributed by atoms with E-state index in [0.717, 1.165) is 0 Å². The van der Waals surface area contributed by atoms with Crippen molar-refractivity contribution in [2.75, 3.05) is 19.4 Å². The summed E-state index contributed by atoms with van der Waals surface area (Å²) in [6.07, 6.45) is -0.531. The van der Waals surface area contributed by atoms with Crippen LogP contribution in [0.1, 0.15) is 22.3 Å². The summed E-state index contributed by atoms with van der Waals surface area (Å²) in [5.41, 5.74) is 1.09. The van der Waals surface area contributed by atoms with Gasteiger partial charge in [-0.3, -0.25) is 4.79 Å². The van der Waals surface area contributed by atoms with Crippen molar-refractivity contribution in [1.82, 2.24) is 4.90 Å². The number of hydrogen-bond acceptors (Lipinski definition) is 3. The number of nitrogens with zero attached hydrogens (tertiary/aromatic N) is 1. The molecule has 2 amide bonds. The van der Waals surface area contributed by atoms with Crippen LogP contribution in [0, 0.1) is 18.6 Å². The van der Waals surface area contributed by atoms with Crippen molar-refractivity contribution in [2.45, 2.75) is 12.3 Å². The second-order valence-electron chi connectivity index (χ2n) is 7.59. The Kier molecular flexibility index (Phi) is 4.97. The van der Waals surface area contributed by atoms with E-state index >= 15 is 0 Å². The van der Waals surface area contributed by atoms with Crippen LogP contribution in [-0.4, -0.2) is 31.0 Å². The zero-order valence-corrected chi connectivity index (χ0v) is 17.2. The second-order valence-corrected chi connectivity index (χ2v) is 7.59. The molecule has 0 saturated carbocycles. The summed E-state index contributed by atoms with van der Waals surface area (Å²) in [6, 6.07) is 15.1. The molecular formula is C24H20F2N2O3. The minimum atomic E-state index is -1.31. The summed E-state index contributed by atoms with van der Waals surface area (Å²) in [4.78, 5) is 26.6. The van der Waals surface area contributed by atoms with Crippen molar-refractivity contribution in [1.29, 1.82) is 0 Å². The maximum Gasteiger partial charge on any atom is 0.414 e. The van der Waals surface area contributed by atoms with Crippen molar-refractivity contribution < 1.29 is 23.1 Å². The first-order valence-electron chi connectivity index (χ1n) is 9.62. The summed E-state index contributed by atoms with van der Waals surface area (Å²) < 4.78 is 33.1. The third-order valence-electron chi connectivity index (χ3n) is 5.52. The van der Waals surface area contributed by atoms with Crippen LogP contribution in [0.2, 0.25) is 0 Å². The lowest BCUT2D eigenvalue weighted by Crippen LogP contribution is -2.37. The Bertz CT molecular complexity index is 1170. The molecule has 0 bridgehead atoms. The molecule has 3 aromatic rings. The van der Waals surface area contributed by atoms with Gasteiger partial charge >= 0.3 is 6.09 Å². The number of anilines is 1. The third-order valence-corrected chi connectivity index (χ3v) is 5.52. The van der Waals surface area contributed by atoms with E-state index in [4.69, 9.17) is 4.74 Å². The Morgan fingerprint density at radius 2 is 1.52 bits per heavy atom. The van der Waals surface area contributed by atoms with Crippen molar-refractivity contribution in [3.05, 3.63) is 94.6 Å². The number of benzene rings is 3. The predicted octanol–water partition coefficient (Wildman–Crippen LogP) is 4.62. The van der Waals surface area contributed by atoms with Crippen LogP contribution in [0.15, 0.2) is 60.7 Å². The van der Waals surface area contributed by atoms with Crippen LogP contribution in [-0.2, 0) is 10.2 Å². The number of ether oxygens (including phenoxy) is 1. The normalized spacial score (nSPS) is 17.1. The Hall–Kier alpha value is -3.74. The first-order valence-corrected chi connectivity index (χ1v) is 9.62. The fraction of sp³-hybridized carbons (Fsp3) is 0.167. The summed E-state index contributed by atoms with van der Waals surface area (Å²) in [5, 5.41) is 2.81. The quantitative estimate of drug-likeness (QED) is 0.670. The van der Waals surface area contributed by atoms with Gasteiger partial charge in [-0.1, -0.05) is 30.3 Å². The van der Waals surface area contributed by atoms with Gasteiger partial charge in [-0.2, -0.15) is 0 Å². The highest BCUT2D eigenvalue weighted by molar-refractivity contribution is 6.12. The number of rotatable bonds is 3. The molecular weight excluding hydrogens is 402 g/mol. The first-order chi connectivity index (χ1) is 14.7. The van der Waals surface area contributed by atoms with Gasteiger partial charge in [0.15, 0.2) is 0 Å². The molecule has 5 nitrogen and oxygen atoms in total. The number of amides is 2. The minimum Gasteiger partial charge on any atom is -0.410 e. The van der Waals surface area contributed by atoms with Gasteiger partial charge in [-0.15, -0.1) is 0 Å². The minimum absolute atomic E-state index is 0.311. The Morgan fingerprint density at radius 3 is 2.10 bits per heavy atom. The fourth-order valence-electron chi connectivity index (χ4n) is 3.89. The highest BCUT2D eigenvalue weighted by Crippen LogP contribution is 2.49. The highest BCUT2D eigenvalue weighted by atomic mass is 19.1. The molecule has 0 spiro atoms. The van der Waals surface area contributed by atoms with Crippen LogP contribution >= 0.6 is 0 Å². The number of halogens is 2. The molecule has 4 rings (SSSR count). The first kappa shape index (κ1) is 20.5. The van der Waals surface area contributed by atoms with E-state index in [1.807, 2.05) is 0 Å². The molecule has 3 aromatic carbocycles. The van der Waals surface area contributed by atoms with Gasteiger partial charge in [-0.25, -0.2) is 13.6 Å². The van der Waals surface area contributed by atoms with Crippen LogP contribution < -0.4 is 10.1 Å². The molecule has 0 saturated heterocycles. The lowest BCUT2D eigenvalue weighted by atomic mass is 9.70. The van der Waals surface area contributed by atoms with Crippen molar-refractivity contribution in [3.8, 4) is 5.75 Å². The van der Waals surface area contributed by atoms with Gasteiger partial charge in [-0.05, 0) is 48.4 Å². The number of carbonyl (C=O) groups is 2. The molecule has 1 unspecified atom stereocenters. The molecule has 0 radical (unpaired) electrons. The largest absolute Gasteiger partial charge is 0.414 e. The molecule has 1 aliphatic rings. The van der Waals surface area contributed by atoms with E-state index < -0.39 is 23.1 Å². The van der Waals surface area contributed by atoms with Gasteiger partial charge in [0.05, 0.1) is 5.69 Å². The van der Waals surface area contributed by atoms with Crippen LogP contribution in [0.5, 0.6) is 5.75 Å². The summed E-state index contributed by atoms with van der Waals surface area (Å²) >= 11 is 0. The molecule has 31 heavy (non-hydrogen) atoms. The molecule has 0 aromatic heterocycles. The number of carbonyl (C=O) groups excluding carboxylic acids is 2. The average molecular weight is 422 g/mol. The maximum atomic E-state index is 14.2. The van der Waals surface area contributed by atoms with Gasteiger partial charge in [0.2, 0.25) is 5.91 Å². The molecule has 1 aliphatic heterocycles. The monoisotopic (exact) mass is 422 g/mol. The lowest BCUT2D eigenvalue weighted by Gasteiger charge is -2.29. The molecule has 1 heterocycles. The number of hydrogen-bond donors (Lipinski definition) is 1. The smallest absolute Gasteiger partial charge is 0.410 e. The van der Waals surface area contributed by atoms with E-state index in [0.29, 0.717) is 33.7 Å². The summed E-state index contributed by atoms with van der Waals surface area (Å²) in [6.45, 7) is 1.60. The van der Waals surface area contributed by atoms with Crippen LogP contribution in [0.3, 0.4) is 0 Å². The van der Waals surface area contributed by atoms with Gasteiger partial charge < -0.3 is 15.0 Å². The van der Waals surface area contributed by atoms with E-state index in [-0.39, 0.29) is 5.91 Å². The van der Waals surface area contributed by atoms with E-state index in [1.54, 1.807) is 63.5 Å². The van der Waals surface area contributed by atoms with Crippen molar-refractivity contribution >= 4 is 17.7 Å². The molecule has 158 valence electrons.